The van der Waals surface area contributed by atoms with E-state index < -0.39 is 21.9 Å². The van der Waals surface area contributed by atoms with Crippen molar-refractivity contribution in [3.63, 3.8) is 0 Å². The van der Waals surface area contributed by atoms with E-state index in [9.17, 15) is 18.0 Å². The van der Waals surface area contributed by atoms with Crippen LogP contribution in [0, 0.1) is 0 Å². The fraction of sp³-hybridized carbons (Fsp3) is 0.273. The number of carbonyl (C=O) groups excluding carboxylic acids is 2. The van der Waals surface area contributed by atoms with E-state index in [4.69, 9.17) is 14.2 Å². The summed E-state index contributed by atoms with van der Waals surface area (Å²) in [6.07, 6.45) is 0. The number of fused-ring (bicyclic) bond motifs is 1. The van der Waals surface area contributed by atoms with E-state index in [0.717, 1.165) is 10.1 Å². The van der Waals surface area contributed by atoms with Gasteiger partial charge in [0, 0.05) is 29.0 Å². The lowest BCUT2D eigenvalue weighted by molar-refractivity contribution is 0.0606. The van der Waals surface area contributed by atoms with E-state index >= 15 is 0 Å². The largest absolute Gasteiger partial charge is 0.495 e. The summed E-state index contributed by atoms with van der Waals surface area (Å²) < 4.78 is 43.7. The molecule has 0 unspecified atom stereocenters. The zero-order chi connectivity index (χ0) is 23.6. The molecule has 1 aliphatic rings. The number of rotatable bonds is 6. The minimum atomic E-state index is -3.86. The number of nitrogens with zero attached hydrogens (tertiary/aromatic N) is 1. The first-order valence-corrected chi connectivity index (χ1v) is 12.3. The number of esters is 1. The van der Waals surface area contributed by atoms with Crippen LogP contribution in [0.25, 0.3) is 10.1 Å². The number of amides is 1. The van der Waals surface area contributed by atoms with Crippen molar-refractivity contribution in [1.82, 2.24) is 4.31 Å². The van der Waals surface area contributed by atoms with Crippen LogP contribution in [-0.2, 0) is 19.5 Å². The van der Waals surface area contributed by atoms with E-state index in [1.165, 1.54) is 48.1 Å². The van der Waals surface area contributed by atoms with Crippen LogP contribution in [0.2, 0.25) is 0 Å². The van der Waals surface area contributed by atoms with Crippen molar-refractivity contribution in [2.75, 3.05) is 45.8 Å². The maximum absolute atomic E-state index is 13.2. The Morgan fingerprint density at radius 2 is 1.82 bits per heavy atom. The molecule has 1 fully saturated rings. The predicted octanol–water partition coefficient (Wildman–Crippen LogP) is 2.97. The van der Waals surface area contributed by atoms with Crippen molar-refractivity contribution in [1.29, 1.82) is 0 Å². The fourth-order valence-electron chi connectivity index (χ4n) is 3.47. The molecule has 1 amide bonds. The average molecular weight is 491 g/mol. The van der Waals surface area contributed by atoms with Crippen LogP contribution in [0.5, 0.6) is 5.75 Å². The van der Waals surface area contributed by atoms with Crippen molar-refractivity contribution in [3.8, 4) is 5.75 Å². The zero-order valence-corrected chi connectivity index (χ0v) is 19.6. The Morgan fingerprint density at radius 3 is 2.52 bits per heavy atom. The summed E-state index contributed by atoms with van der Waals surface area (Å²) in [5.41, 5.74) is 0.679. The van der Waals surface area contributed by atoms with Gasteiger partial charge in [-0.25, -0.2) is 13.2 Å². The molecule has 1 N–H and O–H groups in total. The number of thiophene rings is 1. The highest BCUT2D eigenvalue weighted by Crippen LogP contribution is 2.30. The molecular weight excluding hydrogens is 468 g/mol. The number of sulfonamides is 1. The average Bonchev–Trinajstić information content (AvgIpc) is 3.27. The van der Waals surface area contributed by atoms with Gasteiger partial charge >= 0.3 is 5.97 Å². The first kappa shape index (κ1) is 23.2. The van der Waals surface area contributed by atoms with Gasteiger partial charge in [0.2, 0.25) is 10.0 Å². The van der Waals surface area contributed by atoms with E-state index in [1.54, 1.807) is 24.3 Å². The van der Waals surface area contributed by atoms with Crippen LogP contribution >= 0.6 is 11.3 Å². The van der Waals surface area contributed by atoms with E-state index in [-0.39, 0.29) is 29.3 Å². The molecule has 0 saturated carbocycles. The summed E-state index contributed by atoms with van der Waals surface area (Å²) in [5, 5.41) is 3.56. The molecular formula is C22H22N2O7S2. The lowest BCUT2D eigenvalue weighted by atomic mass is 10.2. The highest BCUT2D eigenvalue weighted by molar-refractivity contribution is 7.89. The summed E-state index contributed by atoms with van der Waals surface area (Å²) >= 11 is 1.29. The van der Waals surface area contributed by atoms with Gasteiger partial charge in [-0.15, -0.1) is 11.3 Å². The smallest absolute Gasteiger partial charge is 0.348 e. The summed E-state index contributed by atoms with van der Waals surface area (Å²) in [6, 6.07) is 11.2. The van der Waals surface area contributed by atoms with E-state index in [0.29, 0.717) is 23.8 Å². The number of nitrogens with one attached hydrogen (secondary N) is 1. The third-order valence-corrected chi connectivity index (χ3v) is 8.19. The third-order valence-electron chi connectivity index (χ3n) is 5.17. The number of ether oxygens (including phenoxy) is 3. The molecule has 1 aliphatic heterocycles. The minimum Gasteiger partial charge on any atom is -0.495 e. The second-order valence-electron chi connectivity index (χ2n) is 7.19. The van der Waals surface area contributed by atoms with Crippen molar-refractivity contribution in [2.24, 2.45) is 0 Å². The van der Waals surface area contributed by atoms with Crippen molar-refractivity contribution >= 4 is 49.0 Å². The van der Waals surface area contributed by atoms with E-state index in [1.807, 2.05) is 0 Å². The van der Waals surface area contributed by atoms with Crippen LogP contribution in [-0.4, -0.2) is 65.1 Å². The van der Waals surface area contributed by atoms with Gasteiger partial charge in [-0.2, -0.15) is 4.31 Å². The van der Waals surface area contributed by atoms with Gasteiger partial charge in [-0.1, -0.05) is 0 Å². The van der Waals surface area contributed by atoms with Crippen molar-refractivity contribution in [2.45, 2.75) is 4.90 Å². The Bertz CT molecular complexity index is 1310. The van der Waals surface area contributed by atoms with Gasteiger partial charge in [0.05, 0.1) is 27.4 Å². The second-order valence-corrected chi connectivity index (χ2v) is 10.2. The van der Waals surface area contributed by atoms with Gasteiger partial charge < -0.3 is 19.5 Å². The Labute approximate surface area is 194 Å². The molecule has 0 spiro atoms. The molecule has 0 radical (unpaired) electrons. The number of anilines is 1. The first-order valence-electron chi connectivity index (χ1n) is 10.0. The highest BCUT2D eigenvalue weighted by Gasteiger charge is 2.30. The molecule has 1 saturated heterocycles. The second kappa shape index (κ2) is 9.48. The highest BCUT2D eigenvalue weighted by atomic mass is 32.2. The molecule has 33 heavy (non-hydrogen) atoms. The molecule has 9 nitrogen and oxygen atoms in total. The molecule has 2 heterocycles. The number of hydrogen-bond donors (Lipinski definition) is 1. The van der Waals surface area contributed by atoms with Gasteiger partial charge in [0.25, 0.3) is 5.91 Å². The van der Waals surface area contributed by atoms with Crippen LogP contribution < -0.4 is 10.1 Å². The quantitative estimate of drug-likeness (QED) is 0.529. The van der Waals surface area contributed by atoms with Gasteiger partial charge in [0.1, 0.15) is 15.5 Å². The Balaban J connectivity index is 1.61. The molecule has 1 aromatic heterocycles. The van der Waals surface area contributed by atoms with Gasteiger partial charge in [0.15, 0.2) is 0 Å². The SMILES string of the molecule is COC(=O)c1cc2cc(NC(=O)c3ccc(OC)c(S(=O)(=O)N4CCOCC4)c3)ccc2s1. The number of carbonyl (C=O) groups is 2. The number of morpholine rings is 1. The van der Waals surface area contributed by atoms with Crippen LogP contribution in [0.15, 0.2) is 47.4 Å². The Kier molecular flexibility index (Phi) is 6.66. The Hall–Kier alpha value is -2.99. The zero-order valence-electron chi connectivity index (χ0n) is 18.0. The number of methoxy groups -OCH3 is 2. The molecule has 174 valence electrons. The standard InChI is InChI=1S/C22H22N2O7S2/c1-29-17-5-3-14(13-20(17)33(27,28)24-7-9-31-10-8-24)21(25)23-16-4-6-18-15(11-16)12-19(32-18)22(26)30-2/h3-6,11-13H,7-10H2,1-2H3,(H,23,25). The minimum absolute atomic E-state index is 0.0736. The normalized spacial score (nSPS) is 14.7. The lowest BCUT2D eigenvalue weighted by Crippen LogP contribution is -2.40. The van der Waals surface area contributed by atoms with Gasteiger partial charge in [-0.05, 0) is 47.9 Å². The molecule has 2 aromatic carbocycles. The summed E-state index contributed by atoms with van der Waals surface area (Å²) in [7, 11) is -1.16. The Morgan fingerprint density at radius 1 is 1.06 bits per heavy atom. The summed E-state index contributed by atoms with van der Waals surface area (Å²) in [6.45, 7) is 1.08. The van der Waals surface area contributed by atoms with Crippen LogP contribution in [0.1, 0.15) is 20.0 Å². The lowest BCUT2D eigenvalue weighted by Gasteiger charge is -2.26. The van der Waals surface area contributed by atoms with Crippen molar-refractivity contribution in [3.05, 3.63) is 52.9 Å². The predicted molar refractivity (Wildman–Crippen MR) is 124 cm³/mol. The first-order chi connectivity index (χ1) is 15.8. The number of benzene rings is 2. The molecule has 0 aliphatic carbocycles. The van der Waals surface area contributed by atoms with Crippen LogP contribution in [0.3, 0.4) is 0 Å². The van der Waals surface area contributed by atoms with E-state index in [2.05, 4.69) is 5.32 Å². The molecule has 0 atom stereocenters. The molecule has 4 rings (SSSR count). The third kappa shape index (κ3) is 4.71. The van der Waals surface area contributed by atoms with Gasteiger partial charge in [-0.3, -0.25) is 4.79 Å². The number of hydrogen-bond acceptors (Lipinski definition) is 8. The summed E-state index contributed by atoms with van der Waals surface area (Å²) in [5.74, 6) is -0.735. The van der Waals surface area contributed by atoms with Crippen molar-refractivity contribution < 1.29 is 32.2 Å². The summed E-state index contributed by atoms with van der Waals surface area (Å²) in [4.78, 5) is 25.1. The topological polar surface area (TPSA) is 111 Å². The van der Waals surface area contributed by atoms with Crippen LogP contribution in [0.4, 0.5) is 5.69 Å². The maximum atomic E-state index is 13.2. The molecule has 11 heteroatoms. The maximum Gasteiger partial charge on any atom is 0.348 e. The fourth-order valence-corrected chi connectivity index (χ4v) is 6.02. The molecule has 0 bridgehead atoms. The monoisotopic (exact) mass is 490 g/mol. The molecule has 3 aromatic rings.